The van der Waals surface area contributed by atoms with Crippen molar-refractivity contribution in [3.63, 3.8) is 0 Å². The van der Waals surface area contributed by atoms with E-state index in [0.29, 0.717) is 12.5 Å². The summed E-state index contributed by atoms with van der Waals surface area (Å²) in [7, 11) is 0. The van der Waals surface area contributed by atoms with Crippen LogP contribution in [0.15, 0.2) is 0 Å². The molecule has 4 nitrogen and oxygen atoms in total. The lowest BCUT2D eigenvalue weighted by atomic mass is 9.85. The predicted octanol–water partition coefficient (Wildman–Crippen LogP) is 0.468. The molecule has 2 aliphatic rings. The molecule has 16 heavy (non-hydrogen) atoms. The van der Waals surface area contributed by atoms with E-state index in [1.807, 2.05) is 0 Å². The first-order valence-corrected chi connectivity index (χ1v) is 6.45. The highest BCUT2D eigenvalue weighted by molar-refractivity contribution is 5.75. The number of nitrogens with zero attached hydrogens (tertiary/aromatic N) is 1. The highest BCUT2D eigenvalue weighted by atomic mass is 16.1. The lowest BCUT2D eigenvalue weighted by molar-refractivity contribution is -0.119. The number of carbonyl (C=O) groups is 1. The fourth-order valence-electron chi connectivity index (χ4n) is 3.39. The zero-order valence-corrected chi connectivity index (χ0v) is 10.2. The Morgan fingerprint density at radius 3 is 3.06 bits per heavy atom. The van der Waals surface area contributed by atoms with Gasteiger partial charge in [0, 0.05) is 24.5 Å². The van der Waals surface area contributed by atoms with Gasteiger partial charge in [0.2, 0.25) is 5.91 Å². The molecule has 2 aliphatic heterocycles. The Morgan fingerprint density at radius 1 is 1.56 bits per heavy atom. The second-order valence-corrected chi connectivity index (χ2v) is 5.17. The van der Waals surface area contributed by atoms with Crippen molar-refractivity contribution in [1.82, 2.24) is 10.2 Å². The summed E-state index contributed by atoms with van der Waals surface area (Å²) < 4.78 is 0. The van der Waals surface area contributed by atoms with Crippen molar-refractivity contribution >= 4 is 5.91 Å². The van der Waals surface area contributed by atoms with E-state index in [9.17, 15) is 4.79 Å². The highest BCUT2D eigenvalue weighted by Crippen LogP contribution is 2.38. The van der Waals surface area contributed by atoms with E-state index in [1.165, 1.54) is 19.4 Å². The van der Waals surface area contributed by atoms with Gasteiger partial charge < -0.3 is 11.1 Å². The number of fused-ring (bicyclic) bond motifs is 1. The van der Waals surface area contributed by atoms with Crippen LogP contribution in [0, 0.1) is 0 Å². The van der Waals surface area contributed by atoms with Crippen molar-refractivity contribution in [1.29, 1.82) is 0 Å². The molecule has 0 spiro atoms. The highest BCUT2D eigenvalue weighted by Gasteiger charge is 2.49. The third kappa shape index (κ3) is 2.09. The normalized spacial score (nSPS) is 34.2. The standard InChI is InChI=1S/C12H23N3O/c1-2-6-14-12(9-11(13)16)5-8-15-7-3-4-10(12)15/h10,14H,2-9H2,1H3,(H2,13,16). The molecule has 0 aromatic carbocycles. The van der Waals surface area contributed by atoms with Gasteiger partial charge in [0.1, 0.15) is 0 Å². The number of hydrogen-bond acceptors (Lipinski definition) is 3. The summed E-state index contributed by atoms with van der Waals surface area (Å²) in [4.78, 5) is 13.8. The molecule has 2 atom stereocenters. The second-order valence-electron chi connectivity index (χ2n) is 5.17. The third-order valence-corrected chi connectivity index (χ3v) is 4.06. The van der Waals surface area contributed by atoms with Gasteiger partial charge in [0.05, 0.1) is 0 Å². The largest absolute Gasteiger partial charge is 0.370 e. The summed E-state index contributed by atoms with van der Waals surface area (Å²) in [5.74, 6) is -0.169. The van der Waals surface area contributed by atoms with Gasteiger partial charge >= 0.3 is 0 Å². The number of rotatable bonds is 5. The first-order valence-electron chi connectivity index (χ1n) is 6.45. The smallest absolute Gasteiger partial charge is 0.219 e. The van der Waals surface area contributed by atoms with Crippen LogP contribution >= 0.6 is 0 Å². The fraction of sp³-hybridized carbons (Fsp3) is 0.917. The van der Waals surface area contributed by atoms with Gasteiger partial charge in [0.15, 0.2) is 0 Å². The fourth-order valence-corrected chi connectivity index (χ4v) is 3.39. The average molecular weight is 225 g/mol. The van der Waals surface area contributed by atoms with Crippen LogP contribution in [-0.2, 0) is 4.79 Å². The van der Waals surface area contributed by atoms with E-state index < -0.39 is 0 Å². The molecule has 0 bridgehead atoms. The molecule has 2 rings (SSSR count). The van der Waals surface area contributed by atoms with Crippen LogP contribution in [0.3, 0.4) is 0 Å². The van der Waals surface area contributed by atoms with Crippen LogP contribution in [0.1, 0.15) is 39.0 Å². The van der Waals surface area contributed by atoms with Gasteiger partial charge in [-0.15, -0.1) is 0 Å². The van der Waals surface area contributed by atoms with E-state index in [2.05, 4.69) is 17.1 Å². The number of nitrogens with two attached hydrogens (primary N) is 1. The van der Waals surface area contributed by atoms with Crippen molar-refractivity contribution in [2.45, 2.75) is 50.6 Å². The zero-order valence-electron chi connectivity index (χ0n) is 10.2. The van der Waals surface area contributed by atoms with Crippen LogP contribution < -0.4 is 11.1 Å². The molecule has 2 fully saturated rings. The minimum Gasteiger partial charge on any atom is -0.370 e. The van der Waals surface area contributed by atoms with E-state index >= 15 is 0 Å². The first-order chi connectivity index (χ1) is 7.68. The van der Waals surface area contributed by atoms with Crippen LogP contribution in [0.4, 0.5) is 0 Å². The molecular formula is C12H23N3O. The number of carbonyl (C=O) groups excluding carboxylic acids is 1. The second kappa shape index (κ2) is 4.72. The van der Waals surface area contributed by atoms with E-state index in [4.69, 9.17) is 5.73 Å². The van der Waals surface area contributed by atoms with Crippen LogP contribution in [0.5, 0.6) is 0 Å². The molecule has 4 heteroatoms. The van der Waals surface area contributed by atoms with Gasteiger partial charge in [-0.1, -0.05) is 6.92 Å². The molecule has 2 saturated heterocycles. The topological polar surface area (TPSA) is 58.4 Å². The Hall–Kier alpha value is -0.610. The lowest BCUT2D eigenvalue weighted by Gasteiger charge is -2.35. The van der Waals surface area contributed by atoms with E-state index in [1.54, 1.807) is 0 Å². The minimum absolute atomic E-state index is 0.0294. The summed E-state index contributed by atoms with van der Waals surface area (Å²) in [6.07, 6.45) is 5.14. The quantitative estimate of drug-likeness (QED) is 0.715. The Kier molecular flexibility index (Phi) is 3.50. The molecule has 2 heterocycles. The molecule has 3 N–H and O–H groups in total. The summed E-state index contributed by atoms with van der Waals surface area (Å²) in [6, 6.07) is 0.534. The van der Waals surface area contributed by atoms with Crippen molar-refractivity contribution in [2.75, 3.05) is 19.6 Å². The molecular weight excluding hydrogens is 202 g/mol. The molecule has 92 valence electrons. The molecule has 0 aromatic heterocycles. The number of hydrogen-bond donors (Lipinski definition) is 2. The van der Waals surface area contributed by atoms with Crippen LogP contribution in [0.25, 0.3) is 0 Å². The van der Waals surface area contributed by atoms with Gasteiger partial charge in [0.25, 0.3) is 0 Å². The Morgan fingerprint density at radius 2 is 2.38 bits per heavy atom. The summed E-state index contributed by atoms with van der Waals surface area (Å²) in [5.41, 5.74) is 5.39. The van der Waals surface area contributed by atoms with Gasteiger partial charge in [-0.05, 0) is 38.8 Å². The maximum atomic E-state index is 11.3. The maximum absolute atomic E-state index is 11.3. The third-order valence-electron chi connectivity index (χ3n) is 4.06. The first kappa shape index (κ1) is 11.9. The van der Waals surface area contributed by atoms with Crippen LogP contribution in [0.2, 0.25) is 0 Å². The van der Waals surface area contributed by atoms with Crippen molar-refractivity contribution < 1.29 is 4.79 Å². The zero-order chi connectivity index (χ0) is 11.6. The van der Waals surface area contributed by atoms with Crippen LogP contribution in [-0.4, -0.2) is 42.0 Å². The van der Waals surface area contributed by atoms with E-state index in [-0.39, 0.29) is 11.4 Å². The van der Waals surface area contributed by atoms with Gasteiger partial charge in [-0.2, -0.15) is 0 Å². The predicted molar refractivity (Wildman–Crippen MR) is 64.0 cm³/mol. The number of nitrogens with one attached hydrogen (secondary N) is 1. The van der Waals surface area contributed by atoms with Crippen molar-refractivity contribution in [2.24, 2.45) is 5.73 Å². The SMILES string of the molecule is CCCNC1(CC(N)=O)CCN2CCCC21. The Bertz CT molecular complexity index is 269. The monoisotopic (exact) mass is 225 g/mol. The van der Waals surface area contributed by atoms with E-state index in [0.717, 1.165) is 25.9 Å². The number of amides is 1. The Labute approximate surface area is 97.6 Å². The van der Waals surface area contributed by atoms with Gasteiger partial charge in [-0.25, -0.2) is 0 Å². The molecule has 0 aromatic rings. The number of primary amides is 1. The summed E-state index contributed by atoms with van der Waals surface area (Å²) >= 11 is 0. The van der Waals surface area contributed by atoms with Crippen molar-refractivity contribution in [3.05, 3.63) is 0 Å². The average Bonchev–Trinajstić information content (AvgIpc) is 2.79. The minimum atomic E-state index is -0.169. The molecule has 1 amide bonds. The molecule has 0 radical (unpaired) electrons. The molecule has 2 unspecified atom stereocenters. The summed E-state index contributed by atoms with van der Waals surface area (Å²) in [5, 5.41) is 3.61. The molecule has 0 aliphatic carbocycles. The van der Waals surface area contributed by atoms with Crippen molar-refractivity contribution in [3.8, 4) is 0 Å². The lowest BCUT2D eigenvalue weighted by Crippen LogP contribution is -2.55. The van der Waals surface area contributed by atoms with Gasteiger partial charge in [-0.3, -0.25) is 9.69 Å². The summed E-state index contributed by atoms with van der Waals surface area (Å²) in [6.45, 7) is 5.46. The Balaban J connectivity index is 2.10. The molecule has 0 saturated carbocycles. The maximum Gasteiger partial charge on any atom is 0.219 e.